The summed E-state index contributed by atoms with van der Waals surface area (Å²) in [6.07, 6.45) is -1.51. The average Bonchev–Trinajstić information content (AvgIpc) is 3.02. The minimum absolute atomic E-state index is 0.0314. The lowest BCUT2D eigenvalue weighted by molar-refractivity contribution is -0.141. The number of ketones is 1. The van der Waals surface area contributed by atoms with Gasteiger partial charge in [-0.25, -0.2) is 0 Å². The summed E-state index contributed by atoms with van der Waals surface area (Å²) < 4.78 is 40.0. The summed E-state index contributed by atoms with van der Waals surface area (Å²) in [5.41, 5.74) is 0.967. The maximum atomic E-state index is 13.0. The van der Waals surface area contributed by atoms with Crippen molar-refractivity contribution in [2.45, 2.75) is 17.9 Å². The van der Waals surface area contributed by atoms with Gasteiger partial charge in [0.15, 0.2) is 16.8 Å². The molecule has 2 heterocycles. The van der Waals surface area contributed by atoms with Crippen molar-refractivity contribution in [2.75, 3.05) is 5.75 Å². The molecule has 0 atom stereocenters. The molecule has 0 radical (unpaired) electrons. The zero-order valence-electron chi connectivity index (χ0n) is 13.3. The number of nitrogens with zero attached hydrogens (tertiary/aromatic N) is 4. The van der Waals surface area contributed by atoms with Crippen LogP contribution < -0.4 is 0 Å². The minimum Gasteiger partial charge on any atom is -0.293 e. The van der Waals surface area contributed by atoms with Gasteiger partial charge in [0.2, 0.25) is 0 Å². The second kappa shape index (κ2) is 7.69. The summed E-state index contributed by atoms with van der Waals surface area (Å²) >= 11 is 0.930. The van der Waals surface area contributed by atoms with Gasteiger partial charge in [-0.05, 0) is 12.1 Å². The van der Waals surface area contributed by atoms with Crippen LogP contribution in [0.15, 0.2) is 60.0 Å². The highest BCUT2D eigenvalue weighted by Crippen LogP contribution is 2.28. The van der Waals surface area contributed by atoms with Crippen molar-refractivity contribution < 1.29 is 18.0 Å². The maximum absolute atomic E-state index is 13.0. The van der Waals surface area contributed by atoms with E-state index in [1.54, 1.807) is 42.5 Å². The van der Waals surface area contributed by atoms with Crippen molar-refractivity contribution in [1.82, 2.24) is 19.7 Å². The summed E-state index contributed by atoms with van der Waals surface area (Å²) in [4.78, 5) is 16.0. The van der Waals surface area contributed by atoms with Gasteiger partial charge in [0.1, 0.15) is 6.54 Å². The van der Waals surface area contributed by atoms with Crippen LogP contribution in [0.3, 0.4) is 0 Å². The molecule has 3 rings (SSSR count). The molecule has 1 aromatic carbocycles. The third-order valence-corrected chi connectivity index (χ3v) is 4.39. The van der Waals surface area contributed by atoms with Crippen LogP contribution in [0.2, 0.25) is 0 Å². The predicted molar refractivity (Wildman–Crippen MR) is 90.8 cm³/mol. The second-order valence-electron chi connectivity index (χ2n) is 5.32. The van der Waals surface area contributed by atoms with Crippen LogP contribution in [0.1, 0.15) is 10.4 Å². The highest BCUT2D eigenvalue weighted by Gasteiger charge is 2.31. The largest absolute Gasteiger partial charge is 0.406 e. The summed E-state index contributed by atoms with van der Waals surface area (Å²) in [5.74, 6) is -0.141. The van der Waals surface area contributed by atoms with E-state index in [1.807, 2.05) is 0 Å². The lowest BCUT2D eigenvalue weighted by Gasteiger charge is -2.12. The Morgan fingerprint density at radius 1 is 1.04 bits per heavy atom. The predicted octanol–water partition coefficient (Wildman–Crippen LogP) is 3.88. The SMILES string of the molecule is O=C(CSc1nnc(-c2ccncc2)n1CC(F)(F)F)c1ccccc1. The number of hydrogen-bond donors (Lipinski definition) is 0. The van der Waals surface area contributed by atoms with Crippen LogP contribution in [0.5, 0.6) is 0 Å². The Bertz CT molecular complexity index is 882. The number of aromatic nitrogens is 4. The Balaban J connectivity index is 1.85. The number of Topliss-reactive ketones (excluding diaryl/α,β-unsaturated/α-hetero) is 1. The Kier molecular flexibility index (Phi) is 5.36. The molecular formula is C17H13F3N4OS. The Labute approximate surface area is 151 Å². The molecule has 2 aromatic heterocycles. The van der Waals surface area contributed by atoms with Crippen molar-refractivity contribution in [1.29, 1.82) is 0 Å². The molecule has 0 fully saturated rings. The molecule has 0 spiro atoms. The summed E-state index contributed by atoms with van der Waals surface area (Å²) in [6.45, 7) is -1.24. The molecule has 0 saturated heterocycles. The van der Waals surface area contributed by atoms with Gasteiger partial charge >= 0.3 is 6.18 Å². The molecule has 0 aliphatic heterocycles. The van der Waals surface area contributed by atoms with Gasteiger partial charge in [-0.15, -0.1) is 10.2 Å². The Morgan fingerprint density at radius 2 is 1.73 bits per heavy atom. The number of carbonyl (C=O) groups is 1. The fourth-order valence-electron chi connectivity index (χ4n) is 2.27. The molecule has 0 N–H and O–H groups in total. The first-order valence-corrected chi connectivity index (χ1v) is 8.54. The van der Waals surface area contributed by atoms with E-state index in [0.29, 0.717) is 11.1 Å². The van der Waals surface area contributed by atoms with Gasteiger partial charge in [-0.1, -0.05) is 42.1 Å². The van der Waals surface area contributed by atoms with E-state index in [0.717, 1.165) is 16.3 Å². The fourth-order valence-corrected chi connectivity index (χ4v) is 3.10. The lowest BCUT2D eigenvalue weighted by Crippen LogP contribution is -2.19. The van der Waals surface area contributed by atoms with Crippen LogP contribution in [0.4, 0.5) is 13.2 Å². The first-order chi connectivity index (χ1) is 12.4. The molecule has 0 saturated carbocycles. The van der Waals surface area contributed by atoms with Crippen LogP contribution in [-0.4, -0.2) is 37.5 Å². The van der Waals surface area contributed by atoms with E-state index in [2.05, 4.69) is 15.2 Å². The third kappa shape index (κ3) is 4.48. The molecule has 0 amide bonds. The van der Waals surface area contributed by atoms with Gasteiger partial charge in [0.05, 0.1) is 5.75 Å². The van der Waals surface area contributed by atoms with Crippen molar-refractivity contribution >= 4 is 17.5 Å². The first-order valence-electron chi connectivity index (χ1n) is 7.55. The molecular weight excluding hydrogens is 365 g/mol. The quantitative estimate of drug-likeness (QED) is 0.481. The number of carbonyl (C=O) groups excluding carboxylic acids is 1. The minimum atomic E-state index is -4.44. The zero-order valence-corrected chi connectivity index (χ0v) is 14.2. The van der Waals surface area contributed by atoms with E-state index in [4.69, 9.17) is 0 Å². The Hall–Kier alpha value is -2.68. The molecule has 3 aromatic rings. The second-order valence-corrected chi connectivity index (χ2v) is 6.26. The number of hydrogen-bond acceptors (Lipinski definition) is 5. The van der Waals surface area contributed by atoms with Gasteiger partial charge in [0, 0.05) is 23.5 Å². The summed E-state index contributed by atoms with van der Waals surface area (Å²) in [6, 6.07) is 11.7. The molecule has 134 valence electrons. The number of halogens is 3. The van der Waals surface area contributed by atoms with E-state index in [1.165, 1.54) is 12.4 Å². The molecule has 0 bridgehead atoms. The highest BCUT2D eigenvalue weighted by molar-refractivity contribution is 7.99. The van der Waals surface area contributed by atoms with Gasteiger partial charge in [-0.2, -0.15) is 13.2 Å². The normalized spacial score (nSPS) is 11.5. The Morgan fingerprint density at radius 3 is 2.38 bits per heavy atom. The molecule has 26 heavy (non-hydrogen) atoms. The number of rotatable bonds is 6. The van der Waals surface area contributed by atoms with Crippen LogP contribution in [0, 0.1) is 0 Å². The molecule has 0 unspecified atom stereocenters. The van der Waals surface area contributed by atoms with Crippen LogP contribution in [-0.2, 0) is 6.54 Å². The molecule has 9 heteroatoms. The van der Waals surface area contributed by atoms with Crippen molar-refractivity contribution in [3.63, 3.8) is 0 Å². The smallest absolute Gasteiger partial charge is 0.293 e. The highest BCUT2D eigenvalue weighted by atomic mass is 32.2. The number of alkyl halides is 3. The summed E-state index contributed by atoms with van der Waals surface area (Å²) in [7, 11) is 0. The zero-order chi connectivity index (χ0) is 18.6. The van der Waals surface area contributed by atoms with Gasteiger partial charge in [0.25, 0.3) is 0 Å². The van der Waals surface area contributed by atoms with Gasteiger partial charge in [-0.3, -0.25) is 14.3 Å². The number of benzene rings is 1. The average molecular weight is 378 g/mol. The van der Waals surface area contributed by atoms with E-state index in [-0.39, 0.29) is 22.5 Å². The fraction of sp³-hybridized carbons (Fsp3) is 0.176. The van der Waals surface area contributed by atoms with E-state index < -0.39 is 12.7 Å². The van der Waals surface area contributed by atoms with Crippen molar-refractivity contribution in [3.8, 4) is 11.4 Å². The molecule has 0 aliphatic carbocycles. The summed E-state index contributed by atoms with van der Waals surface area (Å²) in [5, 5.41) is 7.76. The van der Waals surface area contributed by atoms with E-state index >= 15 is 0 Å². The maximum Gasteiger partial charge on any atom is 0.406 e. The van der Waals surface area contributed by atoms with Crippen molar-refractivity contribution in [3.05, 3.63) is 60.4 Å². The van der Waals surface area contributed by atoms with E-state index in [9.17, 15) is 18.0 Å². The van der Waals surface area contributed by atoms with Crippen LogP contribution in [0.25, 0.3) is 11.4 Å². The first kappa shape index (κ1) is 18.1. The monoisotopic (exact) mass is 378 g/mol. The molecule has 0 aliphatic rings. The molecule has 5 nitrogen and oxygen atoms in total. The number of thioether (sulfide) groups is 1. The van der Waals surface area contributed by atoms with Gasteiger partial charge < -0.3 is 0 Å². The van der Waals surface area contributed by atoms with Crippen molar-refractivity contribution in [2.24, 2.45) is 0 Å². The topological polar surface area (TPSA) is 60.7 Å². The van der Waals surface area contributed by atoms with Crippen LogP contribution >= 0.6 is 11.8 Å². The number of pyridine rings is 1. The third-order valence-electron chi connectivity index (χ3n) is 3.42. The standard InChI is InChI=1S/C17H13F3N4OS/c18-17(19,20)11-24-15(13-6-8-21-9-7-13)22-23-16(24)26-10-14(25)12-4-2-1-3-5-12/h1-9H,10-11H2. The lowest BCUT2D eigenvalue weighted by atomic mass is 10.2.